The van der Waals surface area contributed by atoms with Gasteiger partial charge in [-0.05, 0) is 31.4 Å². The van der Waals surface area contributed by atoms with Crippen molar-refractivity contribution in [3.63, 3.8) is 0 Å². The Morgan fingerprint density at radius 3 is 2.56 bits per heavy atom. The number of hydrogen-bond donors (Lipinski definition) is 2. The lowest BCUT2D eigenvalue weighted by atomic mass is 10.1. The molecule has 0 spiro atoms. The molecule has 0 bridgehead atoms. The van der Waals surface area contributed by atoms with Crippen LogP contribution in [0.25, 0.3) is 0 Å². The first kappa shape index (κ1) is 12.9. The van der Waals surface area contributed by atoms with Crippen LogP contribution in [-0.4, -0.2) is 41.1 Å². The van der Waals surface area contributed by atoms with Crippen molar-refractivity contribution in [1.29, 1.82) is 0 Å². The molecule has 1 fully saturated rings. The van der Waals surface area contributed by atoms with E-state index in [2.05, 4.69) is 4.83 Å². The monoisotopic (exact) mass is 273 g/mol. The van der Waals surface area contributed by atoms with Gasteiger partial charge in [0.15, 0.2) is 0 Å². The van der Waals surface area contributed by atoms with Crippen LogP contribution in [0.3, 0.4) is 0 Å². The van der Waals surface area contributed by atoms with Crippen LogP contribution in [-0.2, 0) is 15.0 Å². The van der Waals surface area contributed by atoms with Crippen molar-refractivity contribution in [2.45, 2.75) is 25.3 Å². The summed E-state index contributed by atoms with van der Waals surface area (Å²) in [5.74, 6) is -1.10. The number of aliphatic carboxylic acids is 1. The van der Waals surface area contributed by atoms with Crippen molar-refractivity contribution in [2.24, 2.45) is 0 Å². The zero-order valence-corrected chi connectivity index (χ0v) is 10.5. The molecule has 0 radical (unpaired) electrons. The summed E-state index contributed by atoms with van der Waals surface area (Å²) in [4.78, 5) is 13.4. The lowest BCUT2D eigenvalue weighted by Gasteiger charge is -2.31. The maximum atomic E-state index is 12.1. The molecule has 100 valence electrons. The predicted octanol–water partition coefficient (Wildman–Crippen LogP) is 0.216. The van der Waals surface area contributed by atoms with Crippen LogP contribution in [0, 0.1) is 0 Å². The molecule has 0 unspecified atom stereocenters. The molecule has 1 aliphatic rings. The smallest absolute Gasteiger partial charge is 0.322 e. The van der Waals surface area contributed by atoms with E-state index in [0.29, 0.717) is 12.8 Å². The molecule has 1 atom stereocenters. The molecule has 1 aromatic heterocycles. The Hall–Kier alpha value is -1.54. The molecule has 2 rings (SSSR count). The van der Waals surface area contributed by atoms with Gasteiger partial charge >= 0.3 is 16.2 Å². The molecule has 18 heavy (non-hydrogen) atoms. The topological polar surface area (TPSA) is 91.6 Å². The summed E-state index contributed by atoms with van der Waals surface area (Å²) in [7, 11) is -3.84. The second kappa shape index (κ2) is 4.99. The van der Waals surface area contributed by atoms with Crippen LogP contribution >= 0.6 is 0 Å². The summed E-state index contributed by atoms with van der Waals surface area (Å²) in [6.45, 7) is 0.230. The van der Waals surface area contributed by atoms with Crippen LogP contribution in [0.2, 0.25) is 0 Å². The van der Waals surface area contributed by atoms with Crippen LogP contribution < -0.4 is 4.83 Å². The van der Waals surface area contributed by atoms with Gasteiger partial charge in [0.2, 0.25) is 0 Å². The van der Waals surface area contributed by atoms with E-state index in [0.717, 1.165) is 10.7 Å². The molecule has 2 heterocycles. The Bertz CT molecular complexity index is 511. The molecule has 2 N–H and O–H groups in total. The zero-order valence-electron chi connectivity index (χ0n) is 9.69. The highest BCUT2D eigenvalue weighted by atomic mass is 32.2. The molecule has 1 aliphatic heterocycles. The zero-order chi connectivity index (χ0) is 13.2. The van der Waals surface area contributed by atoms with E-state index in [1.165, 1.54) is 17.1 Å². The number of nitrogens with one attached hydrogen (secondary N) is 1. The van der Waals surface area contributed by atoms with Crippen molar-refractivity contribution < 1.29 is 18.3 Å². The Kier molecular flexibility index (Phi) is 3.58. The van der Waals surface area contributed by atoms with Crippen LogP contribution in [0.4, 0.5) is 0 Å². The number of aromatic nitrogens is 1. The summed E-state index contributed by atoms with van der Waals surface area (Å²) in [5, 5.41) is 9.06. The molecule has 1 saturated heterocycles. The van der Waals surface area contributed by atoms with E-state index in [9.17, 15) is 13.2 Å². The van der Waals surface area contributed by atoms with Crippen molar-refractivity contribution in [3.05, 3.63) is 24.5 Å². The minimum atomic E-state index is -3.84. The Balaban J connectivity index is 2.19. The number of hydrogen-bond acceptors (Lipinski definition) is 3. The van der Waals surface area contributed by atoms with E-state index in [4.69, 9.17) is 5.11 Å². The van der Waals surface area contributed by atoms with E-state index < -0.39 is 22.2 Å². The SMILES string of the molecule is O=C(O)[C@@H]1CCCCN1S(=O)(=O)Nn1cccc1. The van der Waals surface area contributed by atoms with Crippen LogP contribution in [0.1, 0.15) is 19.3 Å². The lowest BCUT2D eigenvalue weighted by Crippen LogP contribution is -2.51. The van der Waals surface area contributed by atoms with E-state index >= 15 is 0 Å². The molecular formula is C10H15N3O4S. The third-order valence-corrected chi connectivity index (χ3v) is 4.37. The highest BCUT2D eigenvalue weighted by Crippen LogP contribution is 2.20. The fraction of sp³-hybridized carbons (Fsp3) is 0.500. The van der Waals surface area contributed by atoms with Crippen molar-refractivity contribution in [2.75, 3.05) is 11.4 Å². The number of carboxylic acid groups (broad SMARTS) is 1. The van der Waals surface area contributed by atoms with Gasteiger partial charge in [0.1, 0.15) is 6.04 Å². The van der Waals surface area contributed by atoms with Gasteiger partial charge in [-0.2, -0.15) is 12.7 Å². The second-order valence-electron chi connectivity index (χ2n) is 4.15. The first-order valence-electron chi connectivity index (χ1n) is 5.66. The van der Waals surface area contributed by atoms with Gasteiger partial charge in [-0.3, -0.25) is 9.47 Å². The Labute approximate surface area is 105 Å². The van der Waals surface area contributed by atoms with E-state index in [1.807, 2.05) is 0 Å². The van der Waals surface area contributed by atoms with E-state index in [1.54, 1.807) is 12.1 Å². The number of rotatable bonds is 4. The maximum absolute atomic E-state index is 12.1. The summed E-state index contributed by atoms with van der Waals surface area (Å²) in [5.41, 5.74) is 0. The molecular weight excluding hydrogens is 258 g/mol. The molecule has 7 nitrogen and oxygen atoms in total. The molecule has 1 aromatic rings. The Morgan fingerprint density at radius 1 is 1.28 bits per heavy atom. The third-order valence-electron chi connectivity index (χ3n) is 2.87. The molecule has 0 saturated carbocycles. The highest BCUT2D eigenvalue weighted by Gasteiger charge is 2.36. The van der Waals surface area contributed by atoms with Gasteiger partial charge in [0.05, 0.1) is 0 Å². The number of nitrogens with zero attached hydrogens (tertiary/aromatic N) is 2. The summed E-state index contributed by atoms with van der Waals surface area (Å²) in [6.07, 6.45) is 4.83. The molecule has 8 heteroatoms. The number of piperidine rings is 1. The normalized spacial score (nSPS) is 21.7. The van der Waals surface area contributed by atoms with Gasteiger partial charge < -0.3 is 5.11 Å². The average Bonchev–Trinajstić information content (AvgIpc) is 2.81. The summed E-state index contributed by atoms with van der Waals surface area (Å²) in [6, 6.07) is 2.37. The van der Waals surface area contributed by atoms with Gasteiger partial charge in [0, 0.05) is 18.9 Å². The lowest BCUT2D eigenvalue weighted by molar-refractivity contribution is -0.142. The quantitative estimate of drug-likeness (QED) is 0.820. The van der Waals surface area contributed by atoms with Gasteiger partial charge in [-0.1, -0.05) is 0 Å². The highest BCUT2D eigenvalue weighted by molar-refractivity contribution is 7.90. The van der Waals surface area contributed by atoms with Crippen LogP contribution in [0.5, 0.6) is 0 Å². The van der Waals surface area contributed by atoms with E-state index in [-0.39, 0.29) is 6.54 Å². The van der Waals surface area contributed by atoms with Gasteiger partial charge in [-0.15, -0.1) is 0 Å². The second-order valence-corrected chi connectivity index (χ2v) is 5.75. The number of carboxylic acids is 1. The van der Waals surface area contributed by atoms with Crippen molar-refractivity contribution in [3.8, 4) is 0 Å². The minimum Gasteiger partial charge on any atom is -0.480 e. The molecule has 0 amide bonds. The van der Waals surface area contributed by atoms with Crippen molar-refractivity contribution in [1.82, 2.24) is 8.98 Å². The minimum absolute atomic E-state index is 0.230. The standard InChI is InChI=1S/C10H15N3O4S/c14-10(15)9-5-1-2-8-13(9)18(16,17)11-12-6-3-4-7-12/h3-4,6-7,9,11H,1-2,5,8H2,(H,14,15)/t9-/m0/s1. The first-order valence-corrected chi connectivity index (χ1v) is 7.10. The largest absolute Gasteiger partial charge is 0.480 e. The Morgan fingerprint density at radius 2 is 1.94 bits per heavy atom. The third kappa shape index (κ3) is 2.65. The summed E-state index contributed by atoms with van der Waals surface area (Å²) < 4.78 is 26.5. The molecule has 0 aliphatic carbocycles. The van der Waals surface area contributed by atoms with Gasteiger partial charge in [0.25, 0.3) is 0 Å². The average molecular weight is 273 g/mol. The van der Waals surface area contributed by atoms with Crippen molar-refractivity contribution >= 4 is 16.2 Å². The number of carbonyl (C=O) groups is 1. The first-order chi connectivity index (χ1) is 8.50. The fourth-order valence-corrected chi connectivity index (χ4v) is 3.41. The predicted molar refractivity (Wildman–Crippen MR) is 64.7 cm³/mol. The summed E-state index contributed by atoms with van der Waals surface area (Å²) >= 11 is 0. The van der Waals surface area contributed by atoms with Gasteiger partial charge in [-0.25, -0.2) is 4.83 Å². The fourth-order valence-electron chi connectivity index (χ4n) is 2.02. The molecule has 0 aromatic carbocycles. The van der Waals surface area contributed by atoms with Crippen LogP contribution in [0.15, 0.2) is 24.5 Å². The maximum Gasteiger partial charge on any atom is 0.322 e.